The van der Waals surface area contributed by atoms with Gasteiger partial charge >= 0.3 is 0 Å². The zero-order valence-corrected chi connectivity index (χ0v) is 18.8. The Kier molecular flexibility index (Phi) is 6.87. The second-order valence-electron chi connectivity index (χ2n) is 7.19. The maximum absolute atomic E-state index is 12.8. The van der Waals surface area contributed by atoms with E-state index in [2.05, 4.69) is 27.6 Å². The topological polar surface area (TPSA) is 69.0 Å². The highest BCUT2D eigenvalue weighted by molar-refractivity contribution is 8.00. The highest BCUT2D eigenvalue weighted by atomic mass is 32.2. The van der Waals surface area contributed by atoms with Crippen molar-refractivity contribution in [2.45, 2.75) is 23.9 Å². The van der Waals surface area contributed by atoms with Crippen molar-refractivity contribution in [3.63, 3.8) is 0 Å². The van der Waals surface area contributed by atoms with Gasteiger partial charge in [0.1, 0.15) is 5.75 Å². The number of ether oxygens (including phenoxy) is 1. The number of amides is 1. The first-order chi connectivity index (χ1) is 15.7. The molecule has 1 amide bonds. The molecule has 0 radical (unpaired) electrons. The SMILES string of the molecule is COc1ccccc1-c1nnc(SC(C)C(=O)Nc2ccccc2)n1Cc1ccccc1. The molecule has 0 aliphatic rings. The Morgan fingerprint density at radius 2 is 1.62 bits per heavy atom. The van der Waals surface area contributed by atoms with Crippen LogP contribution in [-0.2, 0) is 11.3 Å². The van der Waals surface area contributed by atoms with Gasteiger partial charge in [-0.05, 0) is 36.8 Å². The van der Waals surface area contributed by atoms with Crippen LogP contribution in [0.25, 0.3) is 11.4 Å². The fraction of sp³-hybridized carbons (Fsp3) is 0.160. The first-order valence-corrected chi connectivity index (χ1v) is 11.2. The number of para-hydroxylation sites is 2. The maximum Gasteiger partial charge on any atom is 0.237 e. The summed E-state index contributed by atoms with van der Waals surface area (Å²) >= 11 is 1.38. The largest absolute Gasteiger partial charge is 0.496 e. The van der Waals surface area contributed by atoms with Crippen molar-refractivity contribution in [1.29, 1.82) is 0 Å². The Morgan fingerprint density at radius 3 is 2.34 bits per heavy atom. The highest BCUT2D eigenvalue weighted by Gasteiger charge is 2.22. The smallest absolute Gasteiger partial charge is 0.237 e. The Hall–Kier alpha value is -3.58. The molecule has 0 bridgehead atoms. The van der Waals surface area contributed by atoms with E-state index in [1.54, 1.807) is 7.11 Å². The van der Waals surface area contributed by atoms with Gasteiger partial charge in [0, 0.05) is 5.69 Å². The van der Waals surface area contributed by atoms with Gasteiger partial charge in [0.05, 0.1) is 24.5 Å². The first-order valence-electron chi connectivity index (χ1n) is 10.3. The fourth-order valence-electron chi connectivity index (χ4n) is 3.29. The van der Waals surface area contributed by atoms with Crippen molar-refractivity contribution in [2.75, 3.05) is 12.4 Å². The monoisotopic (exact) mass is 444 g/mol. The van der Waals surface area contributed by atoms with Crippen LogP contribution in [0.5, 0.6) is 5.75 Å². The molecule has 1 unspecified atom stereocenters. The fourth-order valence-corrected chi connectivity index (χ4v) is 4.14. The van der Waals surface area contributed by atoms with Crippen LogP contribution in [0.3, 0.4) is 0 Å². The minimum atomic E-state index is -0.362. The van der Waals surface area contributed by atoms with Gasteiger partial charge in [-0.3, -0.25) is 9.36 Å². The lowest BCUT2D eigenvalue weighted by Crippen LogP contribution is -2.23. The van der Waals surface area contributed by atoms with Crippen LogP contribution < -0.4 is 10.1 Å². The molecule has 3 aromatic carbocycles. The molecule has 162 valence electrons. The average Bonchev–Trinajstić information content (AvgIpc) is 3.22. The van der Waals surface area contributed by atoms with E-state index in [4.69, 9.17) is 4.74 Å². The summed E-state index contributed by atoms with van der Waals surface area (Å²) in [5.74, 6) is 1.33. The third kappa shape index (κ3) is 5.00. The summed E-state index contributed by atoms with van der Waals surface area (Å²) in [5.41, 5.74) is 2.74. The third-order valence-electron chi connectivity index (χ3n) is 4.94. The Balaban J connectivity index is 1.64. The van der Waals surface area contributed by atoms with Gasteiger partial charge in [-0.1, -0.05) is 72.4 Å². The second kappa shape index (κ2) is 10.2. The molecule has 0 aliphatic carbocycles. The van der Waals surface area contributed by atoms with Crippen LogP contribution >= 0.6 is 11.8 Å². The summed E-state index contributed by atoms with van der Waals surface area (Å²) < 4.78 is 7.58. The molecule has 1 heterocycles. The van der Waals surface area contributed by atoms with Crippen molar-refractivity contribution >= 4 is 23.4 Å². The Bertz CT molecular complexity index is 1180. The number of hydrogen-bond acceptors (Lipinski definition) is 5. The van der Waals surface area contributed by atoms with Crippen molar-refractivity contribution in [3.8, 4) is 17.1 Å². The van der Waals surface area contributed by atoms with Crippen LogP contribution in [0.2, 0.25) is 0 Å². The number of nitrogens with one attached hydrogen (secondary N) is 1. The van der Waals surface area contributed by atoms with Gasteiger partial charge in [-0.25, -0.2) is 0 Å². The second-order valence-corrected chi connectivity index (χ2v) is 8.50. The number of rotatable bonds is 8. The number of carbonyl (C=O) groups is 1. The molecular formula is C25H24N4O2S. The number of methoxy groups -OCH3 is 1. The van der Waals surface area contributed by atoms with Crippen molar-refractivity contribution in [3.05, 3.63) is 90.5 Å². The Labute approximate surface area is 191 Å². The number of benzene rings is 3. The first kappa shape index (κ1) is 21.6. The summed E-state index contributed by atoms with van der Waals surface area (Å²) in [6.45, 7) is 2.45. The molecule has 32 heavy (non-hydrogen) atoms. The van der Waals surface area contributed by atoms with E-state index in [1.807, 2.05) is 84.3 Å². The lowest BCUT2D eigenvalue weighted by Gasteiger charge is -2.15. The molecule has 0 aliphatic heterocycles. The summed E-state index contributed by atoms with van der Waals surface area (Å²) in [7, 11) is 1.64. The maximum atomic E-state index is 12.8. The molecule has 4 aromatic rings. The van der Waals surface area contributed by atoms with Crippen LogP contribution in [0.4, 0.5) is 5.69 Å². The quantitative estimate of drug-likeness (QED) is 0.382. The van der Waals surface area contributed by atoms with E-state index in [-0.39, 0.29) is 11.2 Å². The predicted molar refractivity (Wildman–Crippen MR) is 128 cm³/mol. The molecule has 6 nitrogen and oxygen atoms in total. The standard InChI is InChI=1S/C25H24N4O2S/c1-18(24(30)26-20-13-7-4-8-14-20)32-25-28-27-23(21-15-9-10-16-22(21)31-2)29(25)17-19-11-5-3-6-12-19/h3-16,18H,17H2,1-2H3,(H,26,30). The average molecular weight is 445 g/mol. The minimum Gasteiger partial charge on any atom is -0.496 e. The lowest BCUT2D eigenvalue weighted by atomic mass is 10.1. The van der Waals surface area contributed by atoms with Gasteiger partial charge < -0.3 is 10.1 Å². The van der Waals surface area contributed by atoms with Gasteiger partial charge in [0.2, 0.25) is 5.91 Å². The molecular weight excluding hydrogens is 420 g/mol. The predicted octanol–water partition coefficient (Wildman–Crippen LogP) is 5.12. The van der Waals surface area contributed by atoms with E-state index in [9.17, 15) is 4.79 Å². The number of nitrogens with zero attached hydrogens (tertiary/aromatic N) is 3. The van der Waals surface area contributed by atoms with Crippen LogP contribution in [0, 0.1) is 0 Å². The highest BCUT2D eigenvalue weighted by Crippen LogP contribution is 2.32. The van der Waals surface area contributed by atoms with Gasteiger partial charge in [-0.2, -0.15) is 0 Å². The molecule has 4 rings (SSSR count). The number of anilines is 1. The molecule has 0 fully saturated rings. The number of carbonyl (C=O) groups excluding carboxylic acids is 1. The van der Waals surface area contributed by atoms with Crippen LogP contribution in [-0.4, -0.2) is 33.0 Å². The van der Waals surface area contributed by atoms with E-state index in [0.717, 1.165) is 22.6 Å². The number of thioether (sulfide) groups is 1. The molecule has 1 aromatic heterocycles. The van der Waals surface area contributed by atoms with Gasteiger partial charge in [0.25, 0.3) is 0 Å². The van der Waals surface area contributed by atoms with Crippen molar-refractivity contribution in [1.82, 2.24) is 14.8 Å². The van der Waals surface area contributed by atoms with Gasteiger partial charge in [0.15, 0.2) is 11.0 Å². The van der Waals surface area contributed by atoms with Crippen LogP contribution in [0.1, 0.15) is 12.5 Å². The summed E-state index contributed by atoms with van der Waals surface area (Å²) in [6, 6.07) is 27.3. The van der Waals surface area contributed by atoms with Crippen molar-refractivity contribution in [2.24, 2.45) is 0 Å². The Morgan fingerprint density at radius 1 is 0.969 bits per heavy atom. The lowest BCUT2D eigenvalue weighted by molar-refractivity contribution is -0.115. The van der Waals surface area contributed by atoms with Crippen LogP contribution in [0.15, 0.2) is 90.1 Å². The molecule has 0 saturated carbocycles. The zero-order chi connectivity index (χ0) is 22.3. The van der Waals surface area contributed by atoms with E-state index < -0.39 is 0 Å². The zero-order valence-electron chi connectivity index (χ0n) is 17.9. The van der Waals surface area contributed by atoms with E-state index in [1.165, 1.54) is 11.8 Å². The summed E-state index contributed by atoms with van der Waals surface area (Å²) in [4.78, 5) is 12.8. The number of aromatic nitrogens is 3. The summed E-state index contributed by atoms with van der Waals surface area (Å²) in [6.07, 6.45) is 0. The molecule has 0 spiro atoms. The third-order valence-corrected chi connectivity index (χ3v) is 6.02. The van der Waals surface area contributed by atoms with Gasteiger partial charge in [-0.15, -0.1) is 10.2 Å². The molecule has 7 heteroatoms. The molecule has 1 atom stereocenters. The van der Waals surface area contributed by atoms with E-state index in [0.29, 0.717) is 17.5 Å². The molecule has 0 saturated heterocycles. The normalized spacial score (nSPS) is 11.7. The van der Waals surface area contributed by atoms with Crippen molar-refractivity contribution < 1.29 is 9.53 Å². The van der Waals surface area contributed by atoms with E-state index >= 15 is 0 Å². The number of hydrogen-bond donors (Lipinski definition) is 1. The minimum absolute atomic E-state index is 0.0886. The molecule has 1 N–H and O–H groups in total. The summed E-state index contributed by atoms with van der Waals surface area (Å²) in [5, 5.41) is 12.2.